The van der Waals surface area contributed by atoms with Gasteiger partial charge < -0.3 is 15.5 Å². The van der Waals surface area contributed by atoms with Gasteiger partial charge in [0.15, 0.2) is 0 Å². The van der Waals surface area contributed by atoms with E-state index in [1.165, 1.54) is 0 Å². The van der Waals surface area contributed by atoms with Crippen LogP contribution in [-0.4, -0.2) is 34.9 Å². The van der Waals surface area contributed by atoms with Crippen LogP contribution in [0.3, 0.4) is 0 Å². The lowest BCUT2D eigenvalue weighted by atomic mass is 9.90. The second kappa shape index (κ2) is 9.64. The summed E-state index contributed by atoms with van der Waals surface area (Å²) in [5, 5.41) is 5.94. The van der Waals surface area contributed by atoms with Crippen molar-refractivity contribution in [1.82, 2.24) is 9.88 Å². The van der Waals surface area contributed by atoms with E-state index in [-0.39, 0.29) is 17.9 Å². The van der Waals surface area contributed by atoms with Gasteiger partial charge in [0.05, 0.1) is 11.3 Å². The molecule has 2 aromatic carbocycles. The van der Waals surface area contributed by atoms with Crippen molar-refractivity contribution in [2.75, 3.05) is 23.7 Å². The molecule has 0 aliphatic carbocycles. The van der Waals surface area contributed by atoms with E-state index in [2.05, 4.69) is 10.6 Å². The van der Waals surface area contributed by atoms with Crippen molar-refractivity contribution in [3.63, 3.8) is 0 Å². The molecule has 2 N–H and O–H groups in total. The summed E-state index contributed by atoms with van der Waals surface area (Å²) in [5.41, 5.74) is 4.95. The second-order valence-electron chi connectivity index (χ2n) is 8.27. The SMILES string of the molecule is Cc1cccc(NC(=O)c2ccc(C)nc2C2CCN(C(=O)Nc3ccccc3)CC2)c1. The van der Waals surface area contributed by atoms with Crippen LogP contribution in [0.4, 0.5) is 16.2 Å². The highest BCUT2D eigenvalue weighted by molar-refractivity contribution is 6.05. The molecule has 1 aliphatic rings. The van der Waals surface area contributed by atoms with Crippen molar-refractivity contribution >= 4 is 23.3 Å². The number of carbonyl (C=O) groups excluding carboxylic acids is 2. The Morgan fingerprint density at radius 2 is 1.59 bits per heavy atom. The van der Waals surface area contributed by atoms with E-state index in [9.17, 15) is 9.59 Å². The number of benzene rings is 2. The molecule has 1 fully saturated rings. The number of nitrogens with one attached hydrogen (secondary N) is 2. The van der Waals surface area contributed by atoms with Crippen molar-refractivity contribution in [3.8, 4) is 0 Å². The van der Waals surface area contributed by atoms with Crippen LogP contribution >= 0.6 is 0 Å². The minimum Gasteiger partial charge on any atom is -0.324 e. The summed E-state index contributed by atoms with van der Waals surface area (Å²) < 4.78 is 0. The Kier molecular flexibility index (Phi) is 6.50. The molecule has 3 aromatic rings. The van der Waals surface area contributed by atoms with Gasteiger partial charge in [-0.25, -0.2) is 4.79 Å². The number of hydrogen-bond acceptors (Lipinski definition) is 3. The van der Waals surface area contributed by atoms with Crippen LogP contribution in [0.25, 0.3) is 0 Å². The Morgan fingerprint density at radius 1 is 0.875 bits per heavy atom. The normalized spacial score (nSPS) is 14.1. The first-order valence-corrected chi connectivity index (χ1v) is 11.0. The molecular formula is C26H28N4O2. The zero-order chi connectivity index (χ0) is 22.5. The lowest BCUT2D eigenvalue weighted by Gasteiger charge is -2.32. The number of amides is 3. The third-order valence-electron chi connectivity index (χ3n) is 5.78. The van der Waals surface area contributed by atoms with Gasteiger partial charge in [-0.3, -0.25) is 9.78 Å². The lowest BCUT2D eigenvalue weighted by Crippen LogP contribution is -2.41. The van der Waals surface area contributed by atoms with Crippen LogP contribution < -0.4 is 10.6 Å². The molecule has 0 atom stereocenters. The van der Waals surface area contributed by atoms with E-state index in [0.29, 0.717) is 18.7 Å². The fourth-order valence-corrected chi connectivity index (χ4v) is 4.08. The van der Waals surface area contributed by atoms with Gasteiger partial charge in [-0.1, -0.05) is 30.3 Å². The minimum atomic E-state index is -0.151. The van der Waals surface area contributed by atoms with E-state index in [4.69, 9.17) is 4.98 Å². The summed E-state index contributed by atoms with van der Waals surface area (Å²) in [5.74, 6) is -0.0173. The highest BCUT2D eigenvalue weighted by Crippen LogP contribution is 2.30. The van der Waals surface area contributed by atoms with Crippen LogP contribution in [0.5, 0.6) is 0 Å². The zero-order valence-corrected chi connectivity index (χ0v) is 18.5. The van der Waals surface area contributed by atoms with Gasteiger partial charge >= 0.3 is 6.03 Å². The standard InChI is InChI=1S/C26H28N4O2/c1-18-7-6-10-22(17-18)28-25(31)23-12-11-19(2)27-24(23)20-13-15-30(16-14-20)26(32)29-21-8-4-3-5-9-21/h3-12,17,20H,13-16H2,1-2H3,(H,28,31)(H,29,32). The number of rotatable bonds is 4. The van der Waals surface area contributed by atoms with Crippen molar-refractivity contribution in [1.29, 1.82) is 0 Å². The molecule has 1 saturated heterocycles. The van der Waals surface area contributed by atoms with Gasteiger partial charge in [-0.05, 0) is 68.7 Å². The van der Waals surface area contributed by atoms with Crippen LogP contribution in [0, 0.1) is 13.8 Å². The van der Waals surface area contributed by atoms with Crippen LogP contribution in [0.15, 0.2) is 66.7 Å². The lowest BCUT2D eigenvalue weighted by molar-refractivity contribution is 0.102. The maximum atomic E-state index is 13.1. The minimum absolute atomic E-state index is 0.0933. The van der Waals surface area contributed by atoms with Gasteiger partial charge in [-0.15, -0.1) is 0 Å². The third kappa shape index (κ3) is 5.14. The van der Waals surface area contributed by atoms with E-state index < -0.39 is 0 Å². The molecule has 164 valence electrons. The van der Waals surface area contributed by atoms with E-state index in [1.807, 2.05) is 85.5 Å². The molecule has 0 bridgehead atoms. The topological polar surface area (TPSA) is 74.3 Å². The smallest absolute Gasteiger partial charge is 0.321 e. The maximum Gasteiger partial charge on any atom is 0.321 e. The number of hydrogen-bond donors (Lipinski definition) is 2. The Labute approximate surface area is 188 Å². The number of aromatic nitrogens is 1. The molecule has 0 saturated carbocycles. The zero-order valence-electron chi connectivity index (χ0n) is 18.5. The van der Waals surface area contributed by atoms with Crippen molar-refractivity contribution in [2.45, 2.75) is 32.6 Å². The van der Waals surface area contributed by atoms with Gasteiger partial charge in [0.25, 0.3) is 5.91 Å². The van der Waals surface area contributed by atoms with E-state index >= 15 is 0 Å². The Bertz CT molecular complexity index is 1110. The predicted molar refractivity (Wildman–Crippen MR) is 127 cm³/mol. The number of likely N-dealkylation sites (tertiary alicyclic amines) is 1. The fourth-order valence-electron chi connectivity index (χ4n) is 4.08. The largest absolute Gasteiger partial charge is 0.324 e. The van der Waals surface area contributed by atoms with Crippen LogP contribution in [0.1, 0.15) is 46.1 Å². The van der Waals surface area contributed by atoms with Gasteiger partial charge in [0.1, 0.15) is 0 Å². The highest BCUT2D eigenvalue weighted by Gasteiger charge is 2.28. The number of aryl methyl sites for hydroxylation is 2. The van der Waals surface area contributed by atoms with Gasteiger partial charge in [-0.2, -0.15) is 0 Å². The molecule has 0 unspecified atom stereocenters. The Hall–Kier alpha value is -3.67. The Morgan fingerprint density at radius 3 is 2.31 bits per heavy atom. The fraction of sp³-hybridized carbons (Fsp3) is 0.269. The summed E-state index contributed by atoms with van der Waals surface area (Å²) >= 11 is 0. The number of nitrogens with zero attached hydrogens (tertiary/aromatic N) is 2. The third-order valence-corrected chi connectivity index (χ3v) is 5.78. The van der Waals surface area contributed by atoms with Crippen LogP contribution in [0.2, 0.25) is 0 Å². The van der Waals surface area contributed by atoms with E-state index in [0.717, 1.165) is 41.2 Å². The molecule has 6 nitrogen and oxygen atoms in total. The summed E-state index contributed by atoms with van der Waals surface area (Å²) in [6.45, 7) is 5.18. The molecule has 0 radical (unpaired) electrons. The van der Waals surface area contributed by atoms with Crippen LogP contribution in [-0.2, 0) is 0 Å². The summed E-state index contributed by atoms with van der Waals surface area (Å²) in [7, 11) is 0. The van der Waals surface area contributed by atoms with Crippen molar-refractivity contribution < 1.29 is 9.59 Å². The highest BCUT2D eigenvalue weighted by atomic mass is 16.2. The first-order chi connectivity index (χ1) is 15.5. The average Bonchev–Trinajstić information content (AvgIpc) is 2.80. The Balaban J connectivity index is 1.44. The quantitative estimate of drug-likeness (QED) is 0.587. The number of anilines is 2. The predicted octanol–water partition coefficient (Wildman–Crippen LogP) is 5.36. The molecule has 4 rings (SSSR count). The monoisotopic (exact) mass is 428 g/mol. The maximum absolute atomic E-state index is 13.1. The second-order valence-corrected chi connectivity index (χ2v) is 8.27. The molecule has 32 heavy (non-hydrogen) atoms. The first-order valence-electron chi connectivity index (χ1n) is 11.0. The van der Waals surface area contributed by atoms with Gasteiger partial charge in [0.2, 0.25) is 0 Å². The number of para-hydroxylation sites is 1. The van der Waals surface area contributed by atoms with Gasteiger partial charge in [0, 0.05) is 36.1 Å². The summed E-state index contributed by atoms with van der Waals surface area (Å²) in [6, 6.07) is 20.9. The molecule has 6 heteroatoms. The number of carbonyl (C=O) groups is 2. The number of pyridine rings is 1. The number of urea groups is 1. The molecular weight excluding hydrogens is 400 g/mol. The number of piperidine rings is 1. The molecule has 2 heterocycles. The first kappa shape index (κ1) is 21.6. The average molecular weight is 429 g/mol. The molecule has 1 aliphatic heterocycles. The van der Waals surface area contributed by atoms with Crippen molar-refractivity contribution in [3.05, 3.63) is 89.2 Å². The summed E-state index contributed by atoms with van der Waals surface area (Å²) in [4.78, 5) is 32.2. The molecule has 0 spiro atoms. The van der Waals surface area contributed by atoms with Crippen molar-refractivity contribution in [2.24, 2.45) is 0 Å². The van der Waals surface area contributed by atoms with E-state index in [1.54, 1.807) is 0 Å². The molecule has 1 aromatic heterocycles. The molecule has 3 amide bonds. The summed E-state index contributed by atoms with van der Waals surface area (Å²) in [6.07, 6.45) is 1.53.